The second-order valence-corrected chi connectivity index (χ2v) is 8.72. The SMILES string of the molecule is COc1ccc(OC)c(-n2c(SCC(=O)Nc3ccc(Cl)cc3[N+](=O)[O-])nc3ccccc3c2=O)c1. The molecule has 0 aliphatic carbocycles. The van der Waals surface area contributed by atoms with Crippen LogP contribution in [0.5, 0.6) is 11.5 Å². The predicted molar refractivity (Wildman–Crippen MR) is 138 cm³/mol. The van der Waals surface area contributed by atoms with Crippen molar-refractivity contribution in [2.24, 2.45) is 0 Å². The number of hydrogen-bond donors (Lipinski definition) is 1. The largest absolute Gasteiger partial charge is 0.497 e. The molecule has 1 amide bonds. The summed E-state index contributed by atoms with van der Waals surface area (Å²) in [4.78, 5) is 41.6. The van der Waals surface area contributed by atoms with E-state index in [1.54, 1.807) is 42.5 Å². The van der Waals surface area contributed by atoms with E-state index in [0.29, 0.717) is 28.1 Å². The Morgan fingerprint density at radius 3 is 2.64 bits per heavy atom. The summed E-state index contributed by atoms with van der Waals surface area (Å²) in [5.74, 6) is 0.182. The summed E-state index contributed by atoms with van der Waals surface area (Å²) in [6.45, 7) is 0. The highest BCUT2D eigenvalue weighted by Crippen LogP contribution is 2.31. The van der Waals surface area contributed by atoms with Gasteiger partial charge in [-0.05, 0) is 36.4 Å². The van der Waals surface area contributed by atoms with Gasteiger partial charge in [-0.25, -0.2) is 4.98 Å². The standard InChI is InChI=1S/C24H19ClN4O6S/c1-34-15-8-10-21(35-2)20(12-15)28-23(31)16-5-3-4-6-17(16)27-24(28)36-13-22(30)26-18-9-7-14(25)11-19(18)29(32)33/h3-12H,13H2,1-2H3,(H,26,30). The van der Waals surface area contributed by atoms with Gasteiger partial charge in [0, 0.05) is 17.2 Å². The number of aromatic nitrogens is 2. The van der Waals surface area contributed by atoms with Gasteiger partial charge in [-0.1, -0.05) is 35.5 Å². The van der Waals surface area contributed by atoms with Crippen LogP contribution in [0.1, 0.15) is 0 Å². The molecular weight excluding hydrogens is 508 g/mol. The van der Waals surface area contributed by atoms with E-state index in [1.807, 2.05) is 0 Å². The first-order chi connectivity index (χ1) is 17.3. The Labute approximate surface area is 214 Å². The Balaban J connectivity index is 1.73. The lowest BCUT2D eigenvalue weighted by Gasteiger charge is -2.16. The first-order valence-electron chi connectivity index (χ1n) is 10.4. The maximum Gasteiger partial charge on any atom is 0.294 e. The van der Waals surface area contributed by atoms with Crippen LogP contribution in [-0.2, 0) is 4.79 Å². The van der Waals surface area contributed by atoms with Crippen LogP contribution in [0.15, 0.2) is 70.6 Å². The third-order valence-electron chi connectivity index (χ3n) is 5.13. The molecule has 1 N–H and O–H groups in total. The quantitative estimate of drug-likeness (QED) is 0.152. The van der Waals surface area contributed by atoms with Gasteiger partial charge in [-0.2, -0.15) is 0 Å². The molecule has 0 bridgehead atoms. The summed E-state index contributed by atoms with van der Waals surface area (Å²) in [6, 6.07) is 15.8. The molecule has 184 valence electrons. The van der Waals surface area contributed by atoms with Crippen molar-refractivity contribution in [3.8, 4) is 17.2 Å². The molecule has 4 aromatic rings. The normalized spacial score (nSPS) is 10.8. The number of methoxy groups -OCH3 is 2. The summed E-state index contributed by atoms with van der Waals surface area (Å²) in [6.07, 6.45) is 0. The maximum atomic E-state index is 13.5. The third-order valence-corrected chi connectivity index (χ3v) is 6.31. The fraction of sp³-hybridized carbons (Fsp3) is 0.125. The number of thioether (sulfide) groups is 1. The Morgan fingerprint density at radius 2 is 1.92 bits per heavy atom. The molecule has 0 radical (unpaired) electrons. The maximum absolute atomic E-state index is 13.5. The minimum absolute atomic E-state index is 0.00771. The lowest BCUT2D eigenvalue weighted by molar-refractivity contribution is -0.383. The van der Waals surface area contributed by atoms with E-state index < -0.39 is 10.8 Å². The number of benzene rings is 3. The van der Waals surface area contributed by atoms with E-state index in [0.717, 1.165) is 17.8 Å². The van der Waals surface area contributed by atoms with Crippen LogP contribution >= 0.6 is 23.4 Å². The highest BCUT2D eigenvalue weighted by molar-refractivity contribution is 7.99. The molecule has 3 aromatic carbocycles. The second kappa shape index (κ2) is 10.7. The molecule has 0 saturated heterocycles. The van der Waals surface area contributed by atoms with Gasteiger partial charge in [-0.15, -0.1) is 0 Å². The molecule has 4 rings (SSSR count). The molecule has 0 spiro atoms. The number of amides is 1. The van der Waals surface area contributed by atoms with Gasteiger partial charge in [0.1, 0.15) is 17.2 Å². The average Bonchev–Trinajstić information content (AvgIpc) is 2.88. The zero-order chi connectivity index (χ0) is 25.8. The topological polar surface area (TPSA) is 126 Å². The van der Waals surface area contributed by atoms with E-state index in [-0.39, 0.29) is 32.9 Å². The van der Waals surface area contributed by atoms with Crippen LogP contribution < -0.4 is 20.3 Å². The van der Waals surface area contributed by atoms with Crippen molar-refractivity contribution >= 4 is 51.5 Å². The van der Waals surface area contributed by atoms with Gasteiger partial charge in [-0.3, -0.25) is 24.3 Å². The fourth-order valence-electron chi connectivity index (χ4n) is 3.47. The van der Waals surface area contributed by atoms with Crippen LogP contribution in [0.3, 0.4) is 0 Å². The number of nitrogens with zero attached hydrogens (tertiary/aromatic N) is 3. The lowest BCUT2D eigenvalue weighted by atomic mass is 10.2. The van der Waals surface area contributed by atoms with Crippen molar-refractivity contribution in [3.63, 3.8) is 0 Å². The van der Waals surface area contributed by atoms with Crippen LogP contribution in [-0.4, -0.2) is 40.4 Å². The smallest absolute Gasteiger partial charge is 0.294 e. The molecule has 1 heterocycles. The van der Waals surface area contributed by atoms with Crippen LogP contribution in [0.4, 0.5) is 11.4 Å². The van der Waals surface area contributed by atoms with E-state index in [2.05, 4.69) is 10.3 Å². The second-order valence-electron chi connectivity index (χ2n) is 7.35. The number of carbonyl (C=O) groups excluding carboxylic acids is 1. The first kappa shape index (κ1) is 25.0. The zero-order valence-electron chi connectivity index (χ0n) is 19.1. The fourth-order valence-corrected chi connectivity index (χ4v) is 4.44. The van der Waals surface area contributed by atoms with Crippen molar-refractivity contribution in [1.82, 2.24) is 9.55 Å². The molecular formula is C24H19ClN4O6S. The minimum atomic E-state index is -0.633. The minimum Gasteiger partial charge on any atom is -0.497 e. The predicted octanol–water partition coefficient (Wildman–Crippen LogP) is 4.70. The average molecular weight is 527 g/mol. The number of nitro benzene ring substituents is 1. The summed E-state index contributed by atoms with van der Waals surface area (Å²) in [5, 5.41) is 14.6. The summed E-state index contributed by atoms with van der Waals surface area (Å²) in [7, 11) is 2.98. The number of nitro groups is 1. The zero-order valence-corrected chi connectivity index (χ0v) is 20.6. The number of ether oxygens (including phenoxy) is 2. The molecule has 36 heavy (non-hydrogen) atoms. The van der Waals surface area contributed by atoms with E-state index in [4.69, 9.17) is 21.1 Å². The van der Waals surface area contributed by atoms with Gasteiger partial charge in [0.05, 0.1) is 41.5 Å². The number of fused-ring (bicyclic) bond motifs is 1. The van der Waals surface area contributed by atoms with Crippen LogP contribution in [0, 0.1) is 10.1 Å². The molecule has 0 aliphatic heterocycles. The molecule has 0 atom stereocenters. The highest BCUT2D eigenvalue weighted by atomic mass is 35.5. The molecule has 10 nitrogen and oxygen atoms in total. The van der Waals surface area contributed by atoms with Gasteiger partial charge in [0.2, 0.25) is 5.91 Å². The monoisotopic (exact) mass is 526 g/mol. The third kappa shape index (κ3) is 5.11. The van der Waals surface area contributed by atoms with Crippen molar-refractivity contribution in [3.05, 3.63) is 86.2 Å². The van der Waals surface area contributed by atoms with Crippen molar-refractivity contribution < 1.29 is 19.2 Å². The number of rotatable bonds is 8. The van der Waals surface area contributed by atoms with Gasteiger partial charge < -0.3 is 14.8 Å². The van der Waals surface area contributed by atoms with Crippen LogP contribution in [0.25, 0.3) is 16.6 Å². The van der Waals surface area contributed by atoms with E-state index >= 15 is 0 Å². The van der Waals surface area contributed by atoms with E-state index in [9.17, 15) is 19.7 Å². The number of nitrogens with one attached hydrogen (secondary N) is 1. The van der Waals surface area contributed by atoms with Gasteiger partial charge in [0.25, 0.3) is 11.2 Å². The lowest BCUT2D eigenvalue weighted by Crippen LogP contribution is -2.23. The number of hydrogen-bond acceptors (Lipinski definition) is 8. The van der Waals surface area contributed by atoms with Gasteiger partial charge in [0.15, 0.2) is 5.16 Å². The van der Waals surface area contributed by atoms with Crippen molar-refractivity contribution in [2.45, 2.75) is 5.16 Å². The number of para-hydroxylation sites is 1. The molecule has 0 unspecified atom stereocenters. The summed E-state index contributed by atoms with van der Waals surface area (Å²) >= 11 is 6.84. The van der Waals surface area contributed by atoms with E-state index in [1.165, 1.54) is 30.9 Å². The molecule has 12 heteroatoms. The number of anilines is 1. The number of halogens is 1. The summed E-state index contributed by atoms with van der Waals surface area (Å²) in [5.41, 5.74) is 0.160. The molecule has 0 saturated carbocycles. The first-order valence-corrected chi connectivity index (χ1v) is 11.8. The Kier molecular flexibility index (Phi) is 7.41. The summed E-state index contributed by atoms with van der Waals surface area (Å²) < 4.78 is 12.1. The van der Waals surface area contributed by atoms with Crippen molar-refractivity contribution in [2.75, 3.05) is 25.3 Å². The highest BCUT2D eigenvalue weighted by Gasteiger charge is 2.20. The van der Waals surface area contributed by atoms with Gasteiger partial charge >= 0.3 is 0 Å². The molecule has 1 aromatic heterocycles. The number of carbonyl (C=O) groups is 1. The Hall–Kier alpha value is -4.09. The Bertz CT molecular complexity index is 1540. The molecule has 0 aliphatic rings. The van der Waals surface area contributed by atoms with Crippen LogP contribution in [0.2, 0.25) is 5.02 Å². The Morgan fingerprint density at radius 1 is 1.14 bits per heavy atom. The molecule has 0 fully saturated rings. The van der Waals surface area contributed by atoms with Crippen molar-refractivity contribution in [1.29, 1.82) is 0 Å².